The molecule has 0 unspecified atom stereocenters. The van der Waals surface area contributed by atoms with Gasteiger partial charge in [0.25, 0.3) is 0 Å². The molecule has 2 heteroatoms. The van der Waals surface area contributed by atoms with E-state index in [9.17, 15) is 0 Å². The fourth-order valence-electron chi connectivity index (χ4n) is 3.38. The van der Waals surface area contributed by atoms with Gasteiger partial charge in [-0.2, -0.15) is 0 Å². The molecule has 3 rings (SSSR count). The SMILES string of the molecule is [CH3][Sn]([CH3])([CH3])[C]1=C(Br)[C@H]2C[C@@H]1c1ccccc12. The second-order valence-electron chi connectivity index (χ2n) is 5.98. The molecule has 2 aliphatic rings. The number of benzene rings is 1. The molecule has 0 heterocycles. The molecule has 1 aromatic carbocycles. The normalized spacial score (nSPS) is 27.5. The van der Waals surface area contributed by atoms with Gasteiger partial charge in [-0.1, -0.05) is 0 Å². The van der Waals surface area contributed by atoms with Crippen LogP contribution in [0, 0.1) is 0 Å². The summed E-state index contributed by atoms with van der Waals surface area (Å²) in [5.74, 6) is 1.44. The van der Waals surface area contributed by atoms with Crippen LogP contribution in [0.1, 0.15) is 29.4 Å². The van der Waals surface area contributed by atoms with Crippen molar-refractivity contribution in [3.8, 4) is 0 Å². The molecular weight excluding hydrogens is 367 g/mol. The molecule has 0 N–H and O–H groups in total. The van der Waals surface area contributed by atoms with Gasteiger partial charge in [0.05, 0.1) is 0 Å². The molecule has 16 heavy (non-hydrogen) atoms. The second-order valence-corrected chi connectivity index (χ2v) is 21.2. The third-order valence-electron chi connectivity index (χ3n) is 3.94. The van der Waals surface area contributed by atoms with Crippen LogP contribution < -0.4 is 0 Å². The number of fused-ring (bicyclic) bond motifs is 5. The summed E-state index contributed by atoms with van der Waals surface area (Å²) in [6, 6.07) is 9.04. The first kappa shape index (κ1) is 11.3. The molecule has 2 bridgehead atoms. The minimum atomic E-state index is -1.92. The molecule has 0 saturated heterocycles. The van der Waals surface area contributed by atoms with Crippen molar-refractivity contribution in [3.63, 3.8) is 0 Å². The molecule has 2 aliphatic carbocycles. The standard InChI is InChI=1S/C11H8Br.3CH3.Sn/c12-11-6-7-5-10(11)9-4-2-1-3-8(7)9;;;;/h1-4,7,10H,5H2;3*1H3;/t7-,10-;;;;/m0..../s1. The van der Waals surface area contributed by atoms with E-state index in [1.807, 2.05) is 3.59 Å². The summed E-state index contributed by atoms with van der Waals surface area (Å²) < 4.78 is 3.39. The molecule has 0 spiro atoms. The zero-order chi connectivity index (χ0) is 11.5. The number of halogens is 1. The Balaban J connectivity index is 2.16. The molecule has 84 valence electrons. The quantitative estimate of drug-likeness (QED) is 0.611. The number of allylic oxidation sites excluding steroid dienone is 2. The van der Waals surface area contributed by atoms with Crippen molar-refractivity contribution in [2.24, 2.45) is 0 Å². The molecule has 0 radical (unpaired) electrons. The van der Waals surface area contributed by atoms with Gasteiger partial charge in [-0.15, -0.1) is 0 Å². The summed E-state index contributed by atoms with van der Waals surface area (Å²) in [7, 11) is 0. The molecule has 1 aromatic rings. The van der Waals surface area contributed by atoms with Crippen LogP contribution in [0.15, 0.2) is 32.3 Å². The predicted octanol–water partition coefficient (Wildman–Crippen LogP) is 4.80. The number of rotatable bonds is 1. The fraction of sp³-hybridized carbons (Fsp3) is 0.429. The van der Waals surface area contributed by atoms with Crippen molar-refractivity contribution >= 4 is 34.3 Å². The first-order chi connectivity index (χ1) is 7.50. The summed E-state index contributed by atoms with van der Waals surface area (Å²) >= 11 is 1.98. The Labute approximate surface area is 110 Å². The first-order valence-corrected chi connectivity index (χ1v) is 16.8. The Kier molecular flexibility index (Phi) is 2.56. The average molecular weight is 384 g/mol. The van der Waals surface area contributed by atoms with Crippen LogP contribution in [0.3, 0.4) is 0 Å². The van der Waals surface area contributed by atoms with E-state index in [-0.39, 0.29) is 0 Å². The second kappa shape index (κ2) is 3.61. The average Bonchev–Trinajstić information content (AvgIpc) is 2.72. The van der Waals surface area contributed by atoms with Gasteiger partial charge in [-0.05, 0) is 0 Å². The zero-order valence-electron chi connectivity index (χ0n) is 10.0. The van der Waals surface area contributed by atoms with Crippen molar-refractivity contribution < 1.29 is 0 Å². The van der Waals surface area contributed by atoms with Crippen molar-refractivity contribution in [1.29, 1.82) is 0 Å². The van der Waals surface area contributed by atoms with Crippen LogP contribution in [0.4, 0.5) is 0 Å². The van der Waals surface area contributed by atoms with Gasteiger partial charge < -0.3 is 0 Å². The molecule has 0 aromatic heterocycles. The van der Waals surface area contributed by atoms with Crippen LogP contribution in [-0.2, 0) is 0 Å². The fourth-order valence-corrected chi connectivity index (χ4v) is 14.4. The Hall–Kier alpha value is 0.239. The van der Waals surface area contributed by atoms with E-state index in [0.717, 1.165) is 5.92 Å². The van der Waals surface area contributed by atoms with Gasteiger partial charge in [0.1, 0.15) is 0 Å². The van der Waals surface area contributed by atoms with Gasteiger partial charge in [-0.25, -0.2) is 0 Å². The van der Waals surface area contributed by atoms with Gasteiger partial charge in [-0.3, -0.25) is 0 Å². The summed E-state index contributed by atoms with van der Waals surface area (Å²) in [4.78, 5) is 7.61. The van der Waals surface area contributed by atoms with Gasteiger partial charge in [0, 0.05) is 0 Å². The summed E-state index contributed by atoms with van der Waals surface area (Å²) in [5.41, 5.74) is 3.20. The van der Waals surface area contributed by atoms with E-state index in [1.54, 1.807) is 15.6 Å². The molecule has 2 atom stereocenters. The summed E-state index contributed by atoms with van der Waals surface area (Å²) in [5, 5.41) is 0. The van der Waals surface area contributed by atoms with E-state index in [2.05, 4.69) is 55.0 Å². The monoisotopic (exact) mass is 384 g/mol. The molecule has 0 saturated carbocycles. The Morgan fingerprint density at radius 3 is 2.19 bits per heavy atom. The maximum atomic E-state index is 3.90. The van der Waals surface area contributed by atoms with Crippen LogP contribution in [0.2, 0.25) is 14.8 Å². The number of hydrogen-bond donors (Lipinski definition) is 0. The molecule has 0 nitrogen and oxygen atoms in total. The third kappa shape index (κ3) is 1.47. The van der Waals surface area contributed by atoms with E-state index >= 15 is 0 Å². The van der Waals surface area contributed by atoms with Crippen LogP contribution in [-0.4, -0.2) is 18.4 Å². The minimum absolute atomic E-state index is 0.687. The Morgan fingerprint density at radius 2 is 1.62 bits per heavy atom. The summed E-state index contributed by atoms with van der Waals surface area (Å²) in [6.07, 6.45) is 1.34. The van der Waals surface area contributed by atoms with Crippen molar-refractivity contribution in [2.75, 3.05) is 0 Å². The predicted molar refractivity (Wildman–Crippen MR) is 75.8 cm³/mol. The number of hydrogen-bond acceptors (Lipinski definition) is 0. The van der Waals surface area contributed by atoms with E-state index < -0.39 is 18.4 Å². The maximum absolute atomic E-state index is 3.90. The van der Waals surface area contributed by atoms with Gasteiger partial charge in [0.2, 0.25) is 0 Å². The molecule has 0 fully saturated rings. The third-order valence-corrected chi connectivity index (χ3v) is 12.3. The Morgan fingerprint density at radius 1 is 1.06 bits per heavy atom. The molecule has 0 aliphatic heterocycles. The van der Waals surface area contributed by atoms with E-state index in [0.29, 0.717) is 5.92 Å². The summed E-state index contributed by atoms with van der Waals surface area (Å²) in [6.45, 7) is 0. The van der Waals surface area contributed by atoms with Crippen LogP contribution >= 0.6 is 15.9 Å². The molecular formula is C14H17BrSn. The van der Waals surface area contributed by atoms with Crippen LogP contribution in [0.5, 0.6) is 0 Å². The molecule has 0 amide bonds. The first-order valence-electron chi connectivity index (χ1n) is 5.99. The zero-order valence-corrected chi connectivity index (χ0v) is 14.5. The van der Waals surface area contributed by atoms with Gasteiger partial charge in [0.15, 0.2) is 0 Å². The van der Waals surface area contributed by atoms with Crippen LogP contribution in [0.25, 0.3) is 0 Å². The van der Waals surface area contributed by atoms with Gasteiger partial charge >= 0.3 is 111 Å². The van der Waals surface area contributed by atoms with E-state index in [4.69, 9.17) is 0 Å². The van der Waals surface area contributed by atoms with Crippen molar-refractivity contribution in [1.82, 2.24) is 0 Å². The van der Waals surface area contributed by atoms with E-state index in [1.165, 1.54) is 6.42 Å². The Bertz CT molecular complexity index is 482. The topological polar surface area (TPSA) is 0 Å². The van der Waals surface area contributed by atoms with Crippen molar-refractivity contribution in [2.45, 2.75) is 33.1 Å². The van der Waals surface area contributed by atoms with Crippen molar-refractivity contribution in [3.05, 3.63) is 43.5 Å².